The van der Waals surface area contributed by atoms with Crippen LogP contribution in [0.1, 0.15) is 20.3 Å². The monoisotopic (exact) mass is 385 g/mol. The molecular formula is C18H25Cl2N3S. The summed E-state index contributed by atoms with van der Waals surface area (Å²) in [5, 5.41) is 11.7. The molecule has 0 radical (unpaired) electrons. The molecule has 0 unspecified atom stereocenters. The summed E-state index contributed by atoms with van der Waals surface area (Å²) < 4.78 is 0. The lowest BCUT2D eigenvalue weighted by Gasteiger charge is -2.18. The number of nitrogens with one attached hydrogen (secondary N) is 1. The van der Waals surface area contributed by atoms with Crippen molar-refractivity contribution in [1.29, 1.82) is 0 Å². The zero-order valence-electron chi connectivity index (χ0n) is 14.1. The van der Waals surface area contributed by atoms with Crippen molar-refractivity contribution in [3.63, 3.8) is 0 Å². The number of pyridine rings is 1. The van der Waals surface area contributed by atoms with Crippen molar-refractivity contribution in [2.75, 3.05) is 31.5 Å². The van der Waals surface area contributed by atoms with Gasteiger partial charge in [0, 0.05) is 28.1 Å². The maximum absolute atomic E-state index is 4.81. The molecule has 3 aromatic rings. The van der Waals surface area contributed by atoms with E-state index < -0.39 is 0 Å². The van der Waals surface area contributed by atoms with Gasteiger partial charge in [0.25, 0.3) is 0 Å². The van der Waals surface area contributed by atoms with Crippen LogP contribution in [-0.2, 0) is 0 Å². The Kier molecular flexibility index (Phi) is 8.78. The second kappa shape index (κ2) is 10.0. The molecule has 0 amide bonds. The van der Waals surface area contributed by atoms with E-state index in [4.69, 9.17) is 4.98 Å². The minimum Gasteiger partial charge on any atom is -0.369 e. The topological polar surface area (TPSA) is 28.2 Å². The number of fused-ring (bicyclic) bond motifs is 3. The zero-order chi connectivity index (χ0) is 15.4. The van der Waals surface area contributed by atoms with E-state index in [1.807, 2.05) is 0 Å². The highest BCUT2D eigenvalue weighted by Gasteiger charge is 2.08. The van der Waals surface area contributed by atoms with Gasteiger partial charge < -0.3 is 10.2 Å². The van der Waals surface area contributed by atoms with Crippen molar-refractivity contribution < 1.29 is 0 Å². The van der Waals surface area contributed by atoms with Crippen LogP contribution in [0.2, 0.25) is 0 Å². The van der Waals surface area contributed by atoms with Crippen LogP contribution >= 0.6 is 36.2 Å². The molecule has 0 saturated carbocycles. The van der Waals surface area contributed by atoms with Crippen LogP contribution in [-0.4, -0.2) is 36.1 Å². The minimum absolute atomic E-state index is 0. The number of benzene rings is 1. The summed E-state index contributed by atoms with van der Waals surface area (Å²) in [5.41, 5.74) is 1.07. The second-order valence-corrected chi connectivity index (χ2v) is 6.23. The lowest BCUT2D eigenvalue weighted by atomic mass is 10.1. The third-order valence-corrected chi connectivity index (χ3v) is 4.93. The van der Waals surface area contributed by atoms with E-state index in [2.05, 4.69) is 59.1 Å². The van der Waals surface area contributed by atoms with Gasteiger partial charge in [-0.05, 0) is 37.5 Å². The highest BCUT2D eigenvalue weighted by molar-refractivity contribution is 7.09. The van der Waals surface area contributed by atoms with Gasteiger partial charge in [-0.15, -0.1) is 24.8 Å². The third-order valence-electron chi connectivity index (χ3n) is 4.18. The van der Waals surface area contributed by atoms with E-state index in [0.29, 0.717) is 0 Å². The summed E-state index contributed by atoms with van der Waals surface area (Å²) in [5.74, 6) is 1.02. The Morgan fingerprint density at radius 3 is 2.46 bits per heavy atom. The maximum atomic E-state index is 4.81. The minimum atomic E-state index is 0. The molecule has 0 fully saturated rings. The molecule has 0 aliphatic rings. The van der Waals surface area contributed by atoms with Crippen LogP contribution in [0.3, 0.4) is 0 Å². The van der Waals surface area contributed by atoms with Crippen molar-refractivity contribution in [3.8, 4) is 0 Å². The number of halogens is 2. The summed E-state index contributed by atoms with van der Waals surface area (Å²) in [6.07, 6.45) is 1.14. The molecule has 2 aromatic heterocycles. The normalized spacial score (nSPS) is 10.6. The SMILES string of the molecule is CCN(CC)CCCNc1nc2ccccc2c2cscc12.Cl.Cl. The standard InChI is InChI=1S/C18H23N3S.2ClH/c1-3-21(4-2)11-7-10-19-18-16-13-22-12-15(16)14-8-5-6-9-17(14)20-18;;/h5-6,8-9,12-13H,3-4,7,10-11H2,1-2H3,(H,19,20);2*1H. The first-order valence-corrected chi connectivity index (χ1v) is 8.98. The fourth-order valence-electron chi connectivity index (χ4n) is 2.85. The van der Waals surface area contributed by atoms with Crippen molar-refractivity contribution >= 4 is 63.6 Å². The number of aromatic nitrogens is 1. The Bertz CT molecular complexity index is 756. The van der Waals surface area contributed by atoms with Crippen molar-refractivity contribution in [2.24, 2.45) is 0 Å². The molecule has 132 valence electrons. The molecule has 0 bridgehead atoms. The smallest absolute Gasteiger partial charge is 0.135 e. The second-order valence-electron chi connectivity index (χ2n) is 5.48. The average Bonchev–Trinajstić information content (AvgIpc) is 3.05. The van der Waals surface area contributed by atoms with Gasteiger partial charge in [-0.3, -0.25) is 0 Å². The van der Waals surface area contributed by atoms with Gasteiger partial charge in [0.1, 0.15) is 5.82 Å². The van der Waals surface area contributed by atoms with Crippen LogP contribution in [0.25, 0.3) is 21.7 Å². The van der Waals surface area contributed by atoms with E-state index in [-0.39, 0.29) is 24.8 Å². The molecule has 3 nitrogen and oxygen atoms in total. The molecule has 0 spiro atoms. The molecule has 3 rings (SSSR count). The van der Waals surface area contributed by atoms with Crippen LogP contribution in [0.5, 0.6) is 0 Å². The lowest BCUT2D eigenvalue weighted by molar-refractivity contribution is 0.303. The number of para-hydroxylation sites is 1. The van der Waals surface area contributed by atoms with Crippen LogP contribution in [0.4, 0.5) is 5.82 Å². The number of hydrogen-bond donors (Lipinski definition) is 1. The van der Waals surface area contributed by atoms with Crippen LogP contribution in [0, 0.1) is 0 Å². The average molecular weight is 386 g/mol. The number of thiophene rings is 1. The molecule has 1 N–H and O–H groups in total. The van der Waals surface area contributed by atoms with Crippen molar-refractivity contribution in [3.05, 3.63) is 35.0 Å². The van der Waals surface area contributed by atoms with Gasteiger partial charge in [0.05, 0.1) is 5.52 Å². The number of nitrogens with zero attached hydrogens (tertiary/aromatic N) is 2. The first-order valence-electron chi connectivity index (χ1n) is 8.04. The van der Waals surface area contributed by atoms with Gasteiger partial charge in [-0.1, -0.05) is 32.0 Å². The van der Waals surface area contributed by atoms with E-state index in [9.17, 15) is 0 Å². The summed E-state index contributed by atoms with van der Waals surface area (Å²) in [4.78, 5) is 7.27. The van der Waals surface area contributed by atoms with Gasteiger partial charge in [0.15, 0.2) is 0 Å². The van der Waals surface area contributed by atoms with Crippen molar-refractivity contribution in [2.45, 2.75) is 20.3 Å². The summed E-state index contributed by atoms with van der Waals surface area (Å²) in [6, 6.07) is 8.38. The highest BCUT2D eigenvalue weighted by Crippen LogP contribution is 2.31. The Labute approximate surface area is 160 Å². The molecule has 24 heavy (non-hydrogen) atoms. The Morgan fingerprint density at radius 1 is 1.00 bits per heavy atom. The summed E-state index contributed by atoms with van der Waals surface area (Å²) in [6.45, 7) is 8.79. The predicted octanol–water partition coefficient (Wildman–Crippen LogP) is 5.44. The van der Waals surface area contributed by atoms with E-state index >= 15 is 0 Å². The fourth-order valence-corrected chi connectivity index (χ4v) is 3.69. The van der Waals surface area contributed by atoms with E-state index in [1.54, 1.807) is 11.3 Å². The van der Waals surface area contributed by atoms with Crippen LogP contribution < -0.4 is 5.32 Å². The summed E-state index contributed by atoms with van der Waals surface area (Å²) in [7, 11) is 0. The Morgan fingerprint density at radius 2 is 1.71 bits per heavy atom. The zero-order valence-corrected chi connectivity index (χ0v) is 16.6. The number of anilines is 1. The van der Waals surface area contributed by atoms with Crippen LogP contribution in [0.15, 0.2) is 35.0 Å². The number of rotatable bonds is 7. The molecule has 0 atom stereocenters. The quantitative estimate of drug-likeness (QED) is 0.548. The number of hydrogen-bond acceptors (Lipinski definition) is 4. The molecule has 0 aliphatic carbocycles. The first-order chi connectivity index (χ1) is 10.8. The Balaban J connectivity index is 0.00000144. The van der Waals surface area contributed by atoms with E-state index in [0.717, 1.165) is 43.9 Å². The van der Waals surface area contributed by atoms with E-state index in [1.165, 1.54) is 16.2 Å². The Hall–Kier alpha value is -1.07. The molecule has 6 heteroatoms. The molecule has 2 heterocycles. The van der Waals surface area contributed by atoms with Gasteiger partial charge in [-0.25, -0.2) is 4.98 Å². The molecule has 0 aliphatic heterocycles. The molecule has 1 aromatic carbocycles. The summed E-state index contributed by atoms with van der Waals surface area (Å²) >= 11 is 1.75. The van der Waals surface area contributed by atoms with Gasteiger partial charge >= 0.3 is 0 Å². The fraction of sp³-hybridized carbons (Fsp3) is 0.389. The maximum Gasteiger partial charge on any atom is 0.135 e. The van der Waals surface area contributed by atoms with Gasteiger partial charge in [0.2, 0.25) is 0 Å². The van der Waals surface area contributed by atoms with Gasteiger partial charge in [-0.2, -0.15) is 11.3 Å². The largest absolute Gasteiger partial charge is 0.369 e. The lowest BCUT2D eigenvalue weighted by Crippen LogP contribution is -2.25. The third kappa shape index (κ3) is 4.51. The molecular weight excluding hydrogens is 361 g/mol. The predicted molar refractivity (Wildman–Crippen MR) is 113 cm³/mol. The molecule has 0 saturated heterocycles. The highest BCUT2D eigenvalue weighted by atomic mass is 35.5. The van der Waals surface area contributed by atoms with Crippen molar-refractivity contribution in [1.82, 2.24) is 9.88 Å². The first kappa shape index (κ1) is 21.0.